The maximum Gasteiger partial charge on any atom is 0.223 e. The zero-order valence-electron chi connectivity index (χ0n) is 19.0. The number of amides is 1. The lowest BCUT2D eigenvalue weighted by Crippen LogP contribution is -2.40. The number of nitrogens with one attached hydrogen (secondary N) is 2. The number of hydrogen-bond acceptors (Lipinski definition) is 3. The molecule has 2 aromatic rings. The molecule has 0 aliphatic carbocycles. The Kier molecular flexibility index (Phi) is 8.47. The Balaban J connectivity index is 1.42. The first-order chi connectivity index (χ1) is 15.0. The number of aliphatic imine (C=N–C) groups is 1. The van der Waals surface area contributed by atoms with E-state index in [9.17, 15) is 4.79 Å². The second-order valence-electron chi connectivity index (χ2n) is 8.51. The highest BCUT2D eigenvalue weighted by atomic mass is 16.2. The second-order valence-corrected chi connectivity index (χ2v) is 8.51. The van der Waals surface area contributed by atoms with E-state index in [0.29, 0.717) is 18.9 Å². The monoisotopic (exact) mass is 421 g/mol. The van der Waals surface area contributed by atoms with Crippen LogP contribution < -0.4 is 10.6 Å². The molecule has 1 amide bonds. The first-order valence-electron chi connectivity index (χ1n) is 11.0. The van der Waals surface area contributed by atoms with E-state index in [1.165, 1.54) is 16.7 Å². The smallest absolute Gasteiger partial charge is 0.223 e. The minimum Gasteiger partial charge on any atom is -0.356 e. The van der Waals surface area contributed by atoms with Gasteiger partial charge < -0.3 is 20.4 Å². The fourth-order valence-corrected chi connectivity index (χ4v) is 3.97. The highest BCUT2D eigenvalue weighted by Gasteiger charge is 2.29. The summed E-state index contributed by atoms with van der Waals surface area (Å²) < 4.78 is 0. The van der Waals surface area contributed by atoms with Gasteiger partial charge in [-0.3, -0.25) is 9.79 Å². The molecule has 1 atom stereocenters. The van der Waals surface area contributed by atoms with Gasteiger partial charge in [0.25, 0.3) is 0 Å². The van der Waals surface area contributed by atoms with Crippen molar-refractivity contribution in [2.45, 2.75) is 25.9 Å². The third-order valence-corrected chi connectivity index (χ3v) is 5.54. The molecule has 0 spiro atoms. The molecule has 1 heterocycles. The molecule has 1 fully saturated rings. The highest BCUT2D eigenvalue weighted by molar-refractivity contribution is 5.80. The Hall–Kier alpha value is -2.86. The summed E-state index contributed by atoms with van der Waals surface area (Å²) in [7, 11) is 5.93. The topological polar surface area (TPSA) is 60.0 Å². The van der Waals surface area contributed by atoms with E-state index < -0.39 is 0 Å². The zero-order chi connectivity index (χ0) is 22.1. The highest BCUT2D eigenvalue weighted by Crippen LogP contribution is 2.17. The lowest BCUT2D eigenvalue weighted by molar-refractivity contribution is -0.127. The Morgan fingerprint density at radius 2 is 1.81 bits per heavy atom. The first kappa shape index (κ1) is 22.8. The Morgan fingerprint density at radius 1 is 1.06 bits per heavy atom. The Morgan fingerprint density at radius 3 is 2.55 bits per heavy atom. The number of hydrogen-bond donors (Lipinski definition) is 2. The Labute approximate surface area is 186 Å². The summed E-state index contributed by atoms with van der Waals surface area (Å²) in [6.45, 7) is 3.98. The normalized spacial score (nSPS) is 16.8. The minimum absolute atomic E-state index is 0.253. The maximum atomic E-state index is 12.4. The van der Waals surface area contributed by atoms with Gasteiger partial charge in [0.15, 0.2) is 5.96 Å². The summed E-state index contributed by atoms with van der Waals surface area (Å²) in [5.74, 6) is 1.34. The van der Waals surface area contributed by atoms with Crippen molar-refractivity contribution in [2.24, 2.45) is 10.9 Å². The molecule has 0 bridgehead atoms. The molecular weight excluding hydrogens is 386 g/mol. The van der Waals surface area contributed by atoms with Gasteiger partial charge in [-0.25, -0.2) is 0 Å². The van der Waals surface area contributed by atoms with Crippen LogP contribution >= 0.6 is 0 Å². The molecule has 1 saturated heterocycles. The molecule has 166 valence electrons. The van der Waals surface area contributed by atoms with E-state index in [1.54, 1.807) is 7.05 Å². The number of guanidine groups is 1. The van der Waals surface area contributed by atoms with E-state index in [-0.39, 0.29) is 5.91 Å². The van der Waals surface area contributed by atoms with Crippen LogP contribution in [0.2, 0.25) is 0 Å². The fourth-order valence-electron chi connectivity index (χ4n) is 3.97. The van der Waals surface area contributed by atoms with Gasteiger partial charge in [0.2, 0.25) is 5.91 Å². The summed E-state index contributed by atoms with van der Waals surface area (Å²) in [6.07, 6.45) is 1.51. The van der Waals surface area contributed by atoms with Crippen LogP contribution in [-0.2, 0) is 24.3 Å². The maximum absolute atomic E-state index is 12.4. The van der Waals surface area contributed by atoms with Gasteiger partial charge in [-0.05, 0) is 37.2 Å². The number of rotatable bonds is 9. The van der Waals surface area contributed by atoms with Crippen LogP contribution in [0.25, 0.3) is 0 Å². The van der Waals surface area contributed by atoms with Crippen molar-refractivity contribution >= 4 is 11.9 Å². The molecule has 0 saturated carbocycles. The molecule has 6 heteroatoms. The predicted molar refractivity (Wildman–Crippen MR) is 127 cm³/mol. The first-order valence-corrected chi connectivity index (χ1v) is 11.0. The molecule has 31 heavy (non-hydrogen) atoms. The molecule has 1 aliphatic heterocycles. The number of likely N-dealkylation sites (tertiary alicyclic amines) is 1. The van der Waals surface area contributed by atoms with E-state index in [1.807, 2.05) is 23.1 Å². The van der Waals surface area contributed by atoms with Gasteiger partial charge in [-0.2, -0.15) is 0 Å². The van der Waals surface area contributed by atoms with Crippen LogP contribution in [0.4, 0.5) is 0 Å². The van der Waals surface area contributed by atoms with Crippen LogP contribution in [0.15, 0.2) is 59.6 Å². The Bertz CT molecular complexity index is 865. The second kappa shape index (κ2) is 11.5. The van der Waals surface area contributed by atoms with Crippen molar-refractivity contribution in [3.05, 3.63) is 71.3 Å². The van der Waals surface area contributed by atoms with Crippen LogP contribution in [0, 0.1) is 5.92 Å². The van der Waals surface area contributed by atoms with Crippen LogP contribution in [0.3, 0.4) is 0 Å². The molecule has 1 unspecified atom stereocenters. The fraction of sp³-hybridized carbons (Fsp3) is 0.440. The van der Waals surface area contributed by atoms with Crippen molar-refractivity contribution < 1.29 is 4.79 Å². The minimum atomic E-state index is 0.253. The summed E-state index contributed by atoms with van der Waals surface area (Å²) in [4.78, 5) is 20.9. The quantitative estimate of drug-likeness (QED) is 0.483. The molecular formula is C25H35N5O. The molecule has 3 rings (SSSR count). The average Bonchev–Trinajstić information content (AvgIpc) is 3.12. The van der Waals surface area contributed by atoms with E-state index in [2.05, 4.69) is 71.0 Å². The average molecular weight is 422 g/mol. The van der Waals surface area contributed by atoms with Gasteiger partial charge in [0, 0.05) is 52.1 Å². The van der Waals surface area contributed by atoms with Crippen molar-refractivity contribution in [3.63, 3.8) is 0 Å². The number of carbonyl (C=O) groups excluding carboxylic acids is 1. The molecule has 1 aliphatic rings. The third kappa shape index (κ3) is 7.40. The van der Waals surface area contributed by atoms with E-state index in [0.717, 1.165) is 38.6 Å². The lowest BCUT2D eigenvalue weighted by Gasteiger charge is -2.18. The van der Waals surface area contributed by atoms with Gasteiger partial charge in [-0.15, -0.1) is 0 Å². The summed E-state index contributed by atoms with van der Waals surface area (Å²) in [5.41, 5.74) is 3.80. The summed E-state index contributed by atoms with van der Waals surface area (Å²) in [5, 5.41) is 6.78. The van der Waals surface area contributed by atoms with Gasteiger partial charge in [-0.1, -0.05) is 54.6 Å². The van der Waals surface area contributed by atoms with Gasteiger partial charge >= 0.3 is 0 Å². The van der Waals surface area contributed by atoms with Crippen LogP contribution in [0.1, 0.15) is 23.1 Å². The van der Waals surface area contributed by atoms with Gasteiger partial charge in [0.05, 0.1) is 0 Å². The lowest BCUT2D eigenvalue weighted by atomic mass is 10.1. The zero-order valence-corrected chi connectivity index (χ0v) is 19.0. The SMILES string of the molecule is CN=C(NCc1cccc(CN(C)C)c1)NCC1CC(=O)N(CCc2ccccc2)C1. The van der Waals surface area contributed by atoms with Crippen LogP contribution in [-0.4, -0.2) is 62.4 Å². The predicted octanol–water partition coefficient (Wildman–Crippen LogP) is 2.50. The van der Waals surface area contributed by atoms with Crippen molar-refractivity contribution in [1.82, 2.24) is 20.4 Å². The standard InChI is InChI=1S/C25H35N5O/c1-26-25(27-16-21-10-7-11-22(14-21)18-29(2)3)28-17-23-15-24(31)30(19-23)13-12-20-8-5-4-6-9-20/h4-11,14,23H,12-13,15-19H2,1-3H3,(H2,26,27,28). The molecule has 0 aromatic heterocycles. The van der Waals surface area contributed by atoms with Crippen LogP contribution in [0.5, 0.6) is 0 Å². The molecule has 2 aromatic carbocycles. The van der Waals surface area contributed by atoms with Crippen molar-refractivity contribution in [3.8, 4) is 0 Å². The van der Waals surface area contributed by atoms with Crippen molar-refractivity contribution in [2.75, 3.05) is 40.8 Å². The van der Waals surface area contributed by atoms with E-state index in [4.69, 9.17) is 0 Å². The molecule has 0 radical (unpaired) electrons. The molecule has 6 nitrogen and oxygen atoms in total. The van der Waals surface area contributed by atoms with Gasteiger partial charge in [0.1, 0.15) is 0 Å². The number of benzene rings is 2. The summed E-state index contributed by atoms with van der Waals surface area (Å²) >= 11 is 0. The number of carbonyl (C=O) groups is 1. The molecule has 2 N–H and O–H groups in total. The van der Waals surface area contributed by atoms with Crippen molar-refractivity contribution in [1.29, 1.82) is 0 Å². The largest absolute Gasteiger partial charge is 0.356 e. The summed E-state index contributed by atoms with van der Waals surface area (Å²) in [6, 6.07) is 18.9. The third-order valence-electron chi connectivity index (χ3n) is 5.54. The number of nitrogens with zero attached hydrogens (tertiary/aromatic N) is 3. The van der Waals surface area contributed by atoms with E-state index >= 15 is 0 Å².